The Morgan fingerprint density at radius 1 is 1.69 bits per heavy atom. The summed E-state index contributed by atoms with van der Waals surface area (Å²) in [7, 11) is 0. The lowest BCUT2D eigenvalue weighted by atomic mass is 10.3. The van der Waals surface area contributed by atoms with Gasteiger partial charge in [0, 0.05) is 25.2 Å². The Morgan fingerprint density at radius 3 is 3.15 bits per heavy atom. The topological polar surface area (TPSA) is 75.0 Å². The highest BCUT2D eigenvalue weighted by Gasteiger charge is 2.19. The van der Waals surface area contributed by atoms with Gasteiger partial charge in [-0.2, -0.15) is 0 Å². The number of nitrogens with zero attached hydrogens (tertiary/aromatic N) is 2. The quantitative estimate of drug-likeness (QED) is 0.599. The van der Waals surface area contributed by atoms with E-state index in [-0.39, 0.29) is 11.6 Å². The van der Waals surface area contributed by atoms with Crippen LogP contribution in [0.1, 0.15) is 6.42 Å². The van der Waals surface area contributed by atoms with E-state index in [1.807, 2.05) is 4.90 Å². The summed E-state index contributed by atoms with van der Waals surface area (Å²) in [4.78, 5) is 19.6. The molecule has 2 heterocycles. The second-order valence-electron chi connectivity index (χ2n) is 3.26. The zero-order valence-electron chi connectivity index (χ0n) is 7.23. The van der Waals surface area contributed by atoms with Gasteiger partial charge in [-0.15, -0.1) is 0 Å². The fourth-order valence-corrected chi connectivity index (χ4v) is 1.53. The molecule has 1 aromatic heterocycles. The smallest absolute Gasteiger partial charge is 0.252 e. The Labute approximate surface area is 75.6 Å². The van der Waals surface area contributed by atoms with Gasteiger partial charge < -0.3 is 15.6 Å². The summed E-state index contributed by atoms with van der Waals surface area (Å²) in [5.41, 5.74) is 5.63. The zero-order valence-corrected chi connectivity index (χ0v) is 7.23. The maximum atomic E-state index is 11.0. The molecule has 70 valence electrons. The van der Waals surface area contributed by atoms with Crippen molar-refractivity contribution in [2.75, 3.05) is 18.0 Å². The normalized spacial score (nSPS) is 22.2. The maximum absolute atomic E-state index is 11.0. The highest BCUT2D eigenvalue weighted by atomic mass is 16.1. The molecule has 0 spiro atoms. The van der Waals surface area contributed by atoms with Crippen molar-refractivity contribution in [3.8, 4) is 0 Å². The van der Waals surface area contributed by atoms with E-state index in [2.05, 4.69) is 9.97 Å². The summed E-state index contributed by atoms with van der Waals surface area (Å²) in [6, 6.07) is 1.71. The summed E-state index contributed by atoms with van der Waals surface area (Å²) in [6.07, 6.45) is 2.38. The van der Waals surface area contributed by atoms with Gasteiger partial charge in [0.05, 0.1) is 6.33 Å². The molecule has 0 saturated carbocycles. The first-order valence-electron chi connectivity index (χ1n) is 4.31. The van der Waals surface area contributed by atoms with Gasteiger partial charge in [0.15, 0.2) is 0 Å². The molecule has 1 aliphatic heterocycles. The van der Waals surface area contributed by atoms with Gasteiger partial charge in [-0.1, -0.05) is 0 Å². The Hall–Kier alpha value is -1.36. The molecule has 0 aromatic carbocycles. The molecule has 1 atom stereocenters. The SMILES string of the molecule is N[C@H]1CCN(c2cc(=O)[nH]cn2)C1. The predicted octanol–water partition coefficient (Wildman–Crippen LogP) is -0.693. The van der Waals surface area contributed by atoms with Crippen molar-refractivity contribution in [1.82, 2.24) is 9.97 Å². The fraction of sp³-hybridized carbons (Fsp3) is 0.500. The maximum Gasteiger partial charge on any atom is 0.252 e. The van der Waals surface area contributed by atoms with E-state index in [1.54, 1.807) is 0 Å². The third kappa shape index (κ3) is 1.70. The van der Waals surface area contributed by atoms with Crippen LogP contribution in [0.4, 0.5) is 5.82 Å². The molecule has 1 aliphatic rings. The van der Waals surface area contributed by atoms with Crippen LogP contribution in [0.25, 0.3) is 0 Å². The number of hydrogen-bond donors (Lipinski definition) is 2. The summed E-state index contributed by atoms with van der Waals surface area (Å²) >= 11 is 0. The number of aromatic amines is 1. The number of rotatable bonds is 1. The fourth-order valence-electron chi connectivity index (χ4n) is 1.53. The second-order valence-corrected chi connectivity index (χ2v) is 3.26. The third-order valence-corrected chi connectivity index (χ3v) is 2.21. The molecular weight excluding hydrogens is 168 g/mol. The van der Waals surface area contributed by atoms with E-state index < -0.39 is 0 Å². The monoisotopic (exact) mass is 180 g/mol. The minimum atomic E-state index is -0.120. The average molecular weight is 180 g/mol. The lowest BCUT2D eigenvalue weighted by molar-refractivity contribution is 0.751. The van der Waals surface area contributed by atoms with Crippen molar-refractivity contribution in [1.29, 1.82) is 0 Å². The summed E-state index contributed by atoms with van der Waals surface area (Å²) in [6.45, 7) is 1.67. The molecule has 0 unspecified atom stereocenters. The minimum absolute atomic E-state index is 0.120. The molecule has 1 aromatic rings. The molecule has 0 radical (unpaired) electrons. The van der Waals surface area contributed by atoms with Crippen LogP contribution in [-0.4, -0.2) is 29.1 Å². The average Bonchev–Trinajstić information content (AvgIpc) is 2.52. The first-order chi connectivity index (χ1) is 6.25. The highest BCUT2D eigenvalue weighted by Crippen LogP contribution is 2.14. The van der Waals surface area contributed by atoms with Crippen LogP contribution in [0, 0.1) is 0 Å². The van der Waals surface area contributed by atoms with Crippen LogP contribution >= 0.6 is 0 Å². The number of nitrogens with two attached hydrogens (primary N) is 1. The predicted molar refractivity (Wildman–Crippen MR) is 49.7 cm³/mol. The van der Waals surface area contributed by atoms with Crippen LogP contribution in [0.2, 0.25) is 0 Å². The van der Waals surface area contributed by atoms with Crippen LogP contribution in [0.3, 0.4) is 0 Å². The van der Waals surface area contributed by atoms with Crippen molar-refractivity contribution in [2.24, 2.45) is 5.73 Å². The Kier molecular flexibility index (Phi) is 2.02. The lowest BCUT2D eigenvalue weighted by Gasteiger charge is -2.15. The number of hydrogen-bond acceptors (Lipinski definition) is 4. The van der Waals surface area contributed by atoms with Gasteiger partial charge >= 0.3 is 0 Å². The van der Waals surface area contributed by atoms with Gasteiger partial charge in [0.2, 0.25) is 0 Å². The van der Waals surface area contributed by atoms with Crippen molar-refractivity contribution in [3.05, 3.63) is 22.7 Å². The van der Waals surface area contributed by atoms with Gasteiger partial charge in [-0.3, -0.25) is 4.79 Å². The largest absolute Gasteiger partial charge is 0.355 e. The van der Waals surface area contributed by atoms with Crippen LogP contribution < -0.4 is 16.2 Å². The summed E-state index contributed by atoms with van der Waals surface area (Å²) < 4.78 is 0. The van der Waals surface area contributed by atoms with Gasteiger partial charge in [0.25, 0.3) is 5.56 Å². The number of nitrogens with one attached hydrogen (secondary N) is 1. The van der Waals surface area contributed by atoms with E-state index in [9.17, 15) is 4.79 Å². The minimum Gasteiger partial charge on any atom is -0.355 e. The zero-order chi connectivity index (χ0) is 9.26. The number of anilines is 1. The molecule has 13 heavy (non-hydrogen) atoms. The first-order valence-corrected chi connectivity index (χ1v) is 4.31. The highest BCUT2D eigenvalue weighted by molar-refractivity contribution is 5.38. The molecular formula is C8H12N4O. The van der Waals surface area contributed by atoms with Crippen molar-refractivity contribution < 1.29 is 0 Å². The van der Waals surface area contributed by atoms with E-state index >= 15 is 0 Å². The molecule has 5 heteroatoms. The second kappa shape index (κ2) is 3.18. The standard InChI is InChI=1S/C8H12N4O/c9-6-1-2-12(4-6)7-3-8(13)11-5-10-7/h3,5-6H,1-2,4,9H2,(H,10,11,13)/t6-/m0/s1. The number of aromatic nitrogens is 2. The van der Waals surface area contributed by atoms with E-state index in [0.29, 0.717) is 0 Å². The molecule has 0 aliphatic carbocycles. The van der Waals surface area contributed by atoms with Crippen molar-refractivity contribution in [3.63, 3.8) is 0 Å². The molecule has 0 amide bonds. The Morgan fingerprint density at radius 2 is 2.54 bits per heavy atom. The third-order valence-electron chi connectivity index (χ3n) is 2.21. The molecule has 1 saturated heterocycles. The van der Waals surface area contributed by atoms with Crippen LogP contribution in [-0.2, 0) is 0 Å². The Bertz CT molecular complexity index is 348. The first kappa shape index (κ1) is 8.25. The van der Waals surface area contributed by atoms with Crippen molar-refractivity contribution in [2.45, 2.75) is 12.5 Å². The number of H-pyrrole nitrogens is 1. The van der Waals surface area contributed by atoms with Gasteiger partial charge in [-0.25, -0.2) is 4.98 Å². The summed E-state index contributed by atoms with van der Waals surface area (Å²) in [5, 5.41) is 0. The van der Waals surface area contributed by atoms with Gasteiger partial charge in [-0.05, 0) is 6.42 Å². The van der Waals surface area contributed by atoms with E-state index in [0.717, 1.165) is 25.3 Å². The summed E-state index contributed by atoms with van der Waals surface area (Å²) in [5.74, 6) is 0.719. The van der Waals surface area contributed by atoms with Crippen LogP contribution in [0.15, 0.2) is 17.2 Å². The van der Waals surface area contributed by atoms with Crippen molar-refractivity contribution >= 4 is 5.82 Å². The molecule has 1 fully saturated rings. The molecule has 3 N–H and O–H groups in total. The van der Waals surface area contributed by atoms with E-state index in [4.69, 9.17) is 5.73 Å². The lowest BCUT2D eigenvalue weighted by Crippen LogP contribution is -2.27. The van der Waals surface area contributed by atoms with Gasteiger partial charge in [0.1, 0.15) is 5.82 Å². The Balaban J connectivity index is 2.21. The molecule has 2 rings (SSSR count). The molecule has 5 nitrogen and oxygen atoms in total. The van der Waals surface area contributed by atoms with Crippen LogP contribution in [0.5, 0.6) is 0 Å². The van der Waals surface area contributed by atoms with E-state index in [1.165, 1.54) is 12.4 Å². The molecule has 0 bridgehead atoms.